The molecule has 1 N–H and O–H groups in total. The number of nitrogens with zero attached hydrogens (tertiary/aromatic N) is 2. The van der Waals surface area contributed by atoms with E-state index in [9.17, 15) is 4.79 Å². The van der Waals surface area contributed by atoms with Crippen LogP contribution < -0.4 is 14.8 Å². The Bertz CT molecular complexity index is 1050. The Labute approximate surface area is 167 Å². The molecule has 3 rings (SSSR count). The SMILES string of the molecule is COc1cc(C#N)ccc1OCC(=O)Nc1nc(-c2ccc(C)c(C)c2)cs1. The summed E-state index contributed by atoms with van der Waals surface area (Å²) < 4.78 is 10.7. The quantitative estimate of drug-likeness (QED) is 0.674. The van der Waals surface area contributed by atoms with Gasteiger partial charge in [-0.25, -0.2) is 4.98 Å². The Hall–Kier alpha value is -3.37. The van der Waals surface area contributed by atoms with Crippen LogP contribution in [0.2, 0.25) is 0 Å². The summed E-state index contributed by atoms with van der Waals surface area (Å²) in [6.07, 6.45) is 0. The third-order valence-corrected chi connectivity index (χ3v) is 4.96. The molecular weight excluding hydrogens is 374 g/mol. The smallest absolute Gasteiger partial charge is 0.264 e. The number of benzene rings is 2. The van der Waals surface area contributed by atoms with Gasteiger partial charge in [-0.2, -0.15) is 5.26 Å². The highest BCUT2D eigenvalue weighted by Crippen LogP contribution is 2.28. The number of hydrogen-bond donors (Lipinski definition) is 1. The minimum absolute atomic E-state index is 0.194. The number of aromatic nitrogens is 1. The monoisotopic (exact) mass is 393 g/mol. The second-order valence-electron chi connectivity index (χ2n) is 6.15. The molecule has 1 aromatic heterocycles. The van der Waals surface area contributed by atoms with E-state index in [0.717, 1.165) is 11.3 Å². The van der Waals surface area contributed by atoms with Gasteiger partial charge in [0, 0.05) is 17.0 Å². The van der Waals surface area contributed by atoms with Gasteiger partial charge in [0.2, 0.25) is 0 Å². The van der Waals surface area contributed by atoms with Crippen molar-refractivity contribution >= 4 is 22.4 Å². The zero-order valence-corrected chi connectivity index (χ0v) is 16.6. The molecule has 0 unspecified atom stereocenters. The van der Waals surface area contributed by atoms with Gasteiger partial charge in [0.05, 0.1) is 24.4 Å². The van der Waals surface area contributed by atoms with E-state index < -0.39 is 0 Å². The third kappa shape index (κ3) is 4.48. The molecule has 0 bridgehead atoms. The van der Waals surface area contributed by atoms with Crippen molar-refractivity contribution in [1.82, 2.24) is 4.98 Å². The van der Waals surface area contributed by atoms with Crippen LogP contribution in [0, 0.1) is 25.2 Å². The van der Waals surface area contributed by atoms with Crippen molar-refractivity contribution in [2.24, 2.45) is 0 Å². The van der Waals surface area contributed by atoms with Gasteiger partial charge in [-0.05, 0) is 43.2 Å². The van der Waals surface area contributed by atoms with E-state index >= 15 is 0 Å². The molecule has 3 aromatic rings. The fourth-order valence-electron chi connectivity index (χ4n) is 2.52. The highest BCUT2D eigenvalue weighted by Gasteiger charge is 2.11. The molecule has 0 radical (unpaired) electrons. The first-order valence-corrected chi connectivity index (χ1v) is 9.42. The number of aryl methyl sites for hydroxylation is 2. The summed E-state index contributed by atoms with van der Waals surface area (Å²) in [6.45, 7) is 3.93. The van der Waals surface area contributed by atoms with Crippen LogP contribution in [0.25, 0.3) is 11.3 Å². The van der Waals surface area contributed by atoms with Crippen molar-refractivity contribution in [3.05, 3.63) is 58.5 Å². The van der Waals surface area contributed by atoms with E-state index in [-0.39, 0.29) is 12.5 Å². The van der Waals surface area contributed by atoms with Gasteiger partial charge in [-0.1, -0.05) is 12.1 Å². The Balaban J connectivity index is 1.62. The number of hydrogen-bond acceptors (Lipinski definition) is 6. The Morgan fingerprint density at radius 3 is 2.71 bits per heavy atom. The lowest BCUT2D eigenvalue weighted by Crippen LogP contribution is -2.20. The van der Waals surface area contributed by atoms with Gasteiger partial charge in [0.1, 0.15) is 0 Å². The number of anilines is 1. The van der Waals surface area contributed by atoms with Crippen molar-refractivity contribution in [3.8, 4) is 28.8 Å². The van der Waals surface area contributed by atoms with Gasteiger partial charge >= 0.3 is 0 Å². The molecule has 0 spiro atoms. The van der Waals surface area contributed by atoms with Crippen molar-refractivity contribution in [3.63, 3.8) is 0 Å². The topological polar surface area (TPSA) is 84.2 Å². The van der Waals surface area contributed by atoms with Crippen molar-refractivity contribution in [2.75, 3.05) is 19.0 Å². The highest BCUT2D eigenvalue weighted by atomic mass is 32.1. The molecule has 1 heterocycles. The lowest BCUT2D eigenvalue weighted by Gasteiger charge is -2.10. The number of carbonyl (C=O) groups excluding carboxylic acids is 1. The molecule has 28 heavy (non-hydrogen) atoms. The minimum atomic E-state index is -0.326. The first-order valence-electron chi connectivity index (χ1n) is 8.54. The summed E-state index contributed by atoms with van der Waals surface area (Å²) in [4.78, 5) is 16.7. The van der Waals surface area contributed by atoms with Crippen LogP contribution in [0.15, 0.2) is 41.8 Å². The first-order chi connectivity index (χ1) is 13.5. The molecule has 7 heteroatoms. The van der Waals surface area contributed by atoms with Gasteiger partial charge in [0.25, 0.3) is 5.91 Å². The fourth-order valence-corrected chi connectivity index (χ4v) is 3.26. The standard InChI is InChI=1S/C21H19N3O3S/c1-13-4-6-16(8-14(13)2)17-12-28-21(23-17)24-20(25)11-27-18-7-5-15(10-22)9-19(18)26-3/h4-9,12H,11H2,1-3H3,(H,23,24,25). The van der Waals surface area contributed by atoms with Crippen LogP contribution in [0.5, 0.6) is 11.5 Å². The molecule has 0 aliphatic rings. The molecule has 0 atom stereocenters. The number of thiazole rings is 1. The van der Waals surface area contributed by atoms with Gasteiger partial charge in [-0.3, -0.25) is 10.1 Å². The molecule has 6 nitrogen and oxygen atoms in total. The average Bonchev–Trinajstić information content (AvgIpc) is 3.16. The Morgan fingerprint density at radius 1 is 1.18 bits per heavy atom. The molecule has 0 saturated heterocycles. The van der Waals surface area contributed by atoms with Crippen LogP contribution >= 0.6 is 11.3 Å². The Kier molecular flexibility index (Phi) is 5.92. The molecule has 0 saturated carbocycles. The van der Waals surface area contributed by atoms with E-state index in [2.05, 4.69) is 36.3 Å². The maximum Gasteiger partial charge on any atom is 0.264 e. The summed E-state index contributed by atoms with van der Waals surface area (Å²) in [7, 11) is 1.48. The van der Waals surface area contributed by atoms with Crippen LogP contribution in [0.4, 0.5) is 5.13 Å². The molecule has 0 fully saturated rings. The van der Waals surface area contributed by atoms with E-state index in [0.29, 0.717) is 22.2 Å². The van der Waals surface area contributed by atoms with Crippen molar-refractivity contribution in [1.29, 1.82) is 5.26 Å². The minimum Gasteiger partial charge on any atom is -0.493 e. The first kappa shape index (κ1) is 19.4. The van der Waals surface area contributed by atoms with Crippen LogP contribution in [-0.4, -0.2) is 24.6 Å². The maximum atomic E-state index is 12.2. The van der Waals surface area contributed by atoms with Crippen LogP contribution in [-0.2, 0) is 4.79 Å². The Morgan fingerprint density at radius 2 is 2.00 bits per heavy atom. The van der Waals surface area contributed by atoms with Gasteiger partial charge in [-0.15, -0.1) is 11.3 Å². The van der Waals surface area contributed by atoms with Crippen LogP contribution in [0.1, 0.15) is 16.7 Å². The summed E-state index contributed by atoms with van der Waals surface area (Å²) >= 11 is 1.36. The lowest BCUT2D eigenvalue weighted by atomic mass is 10.1. The number of nitrogens with one attached hydrogen (secondary N) is 1. The molecular formula is C21H19N3O3S. The number of rotatable bonds is 6. The van der Waals surface area contributed by atoms with Gasteiger partial charge in [0.15, 0.2) is 23.2 Å². The number of amides is 1. The average molecular weight is 393 g/mol. The largest absolute Gasteiger partial charge is 0.493 e. The fraction of sp³-hybridized carbons (Fsp3) is 0.190. The second kappa shape index (κ2) is 8.55. The normalized spacial score (nSPS) is 10.2. The predicted octanol–water partition coefficient (Wildman–Crippen LogP) is 4.32. The van der Waals surface area contributed by atoms with E-state index in [4.69, 9.17) is 14.7 Å². The molecule has 142 valence electrons. The highest BCUT2D eigenvalue weighted by molar-refractivity contribution is 7.14. The molecule has 0 aliphatic carbocycles. The zero-order valence-electron chi connectivity index (χ0n) is 15.8. The predicted molar refractivity (Wildman–Crippen MR) is 109 cm³/mol. The number of nitriles is 1. The number of ether oxygens (including phenoxy) is 2. The summed E-state index contributed by atoms with van der Waals surface area (Å²) in [5, 5.41) is 14.1. The van der Waals surface area contributed by atoms with Gasteiger partial charge < -0.3 is 9.47 Å². The number of carbonyl (C=O) groups is 1. The second-order valence-corrected chi connectivity index (χ2v) is 7.01. The van der Waals surface area contributed by atoms with E-state index in [1.165, 1.54) is 29.6 Å². The molecule has 1 amide bonds. The van der Waals surface area contributed by atoms with Crippen LogP contribution in [0.3, 0.4) is 0 Å². The summed E-state index contributed by atoms with van der Waals surface area (Å²) in [5.41, 5.74) is 4.70. The van der Waals surface area contributed by atoms with E-state index in [1.54, 1.807) is 18.2 Å². The zero-order chi connectivity index (χ0) is 20.1. The summed E-state index contributed by atoms with van der Waals surface area (Å²) in [5.74, 6) is 0.470. The molecule has 2 aromatic carbocycles. The maximum absolute atomic E-state index is 12.2. The molecule has 0 aliphatic heterocycles. The van der Waals surface area contributed by atoms with E-state index in [1.807, 2.05) is 17.5 Å². The lowest BCUT2D eigenvalue weighted by molar-refractivity contribution is -0.118. The third-order valence-electron chi connectivity index (χ3n) is 4.20. The van der Waals surface area contributed by atoms with Crippen molar-refractivity contribution in [2.45, 2.75) is 13.8 Å². The number of methoxy groups -OCH3 is 1. The van der Waals surface area contributed by atoms with Crippen molar-refractivity contribution < 1.29 is 14.3 Å². The summed E-state index contributed by atoms with van der Waals surface area (Å²) in [6, 6.07) is 12.9.